The Hall–Kier alpha value is -1.21. The fourth-order valence-electron chi connectivity index (χ4n) is 1.50. The van der Waals surface area contributed by atoms with Crippen LogP contribution in [0.2, 0.25) is 10.0 Å². The SMILES string of the molecule is CN(C)S(=O)(=O)c1ccc(COc2cccc(Cl)c2Cl)o1. The molecule has 0 aliphatic carbocycles. The summed E-state index contributed by atoms with van der Waals surface area (Å²) in [6.07, 6.45) is 0. The normalized spacial score (nSPS) is 11.9. The molecule has 2 rings (SSSR count). The predicted molar refractivity (Wildman–Crippen MR) is 80.4 cm³/mol. The van der Waals surface area contributed by atoms with E-state index in [1.54, 1.807) is 18.2 Å². The van der Waals surface area contributed by atoms with E-state index >= 15 is 0 Å². The summed E-state index contributed by atoms with van der Waals surface area (Å²) in [4.78, 5) is 0. The highest BCUT2D eigenvalue weighted by molar-refractivity contribution is 7.88. The van der Waals surface area contributed by atoms with Gasteiger partial charge >= 0.3 is 0 Å². The molecule has 1 aromatic heterocycles. The van der Waals surface area contributed by atoms with Crippen molar-refractivity contribution in [3.63, 3.8) is 0 Å². The zero-order valence-corrected chi connectivity index (χ0v) is 13.7. The predicted octanol–water partition coefficient (Wildman–Crippen LogP) is 3.42. The van der Waals surface area contributed by atoms with E-state index < -0.39 is 10.0 Å². The number of halogens is 2. The van der Waals surface area contributed by atoms with Crippen molar-refractivity contribution < 1.29 is 17.6 Å². The van der Waals surface area contributed by atoms with Crippen LogP contribution in [0.4, 0.5) is 0 Å². The minimum absolute atomic E-state index is 0.0447. The van der Waals surface area contributed by atoms with Gasteiger partial charge in [-0.3, -0.25) is 0 Å². The molecule has 0 unspecified atom stereocenters. The maximum Gasteiger partial charge on any atom is 0.275 e. The number of ether oxygens (including phenoxy) is 1. The molecule has 8 heteroatoms. The van der Waals surface area contributed by atoms with Crippen LogP contribution in [0.25, 0.3) is 0 Å². The smallest absolute Gasteiger partial charge is 0.275 e. The highest BCUT2D eigenvalue weighted by atomic mass is 35.5. The summed E-state index contributed by atoms with van der Waals surface area (Å²) in [7, 11) is -0.729. The van der Waals surface area contributed by atoms with Gasteiger partial charge in [0.05, 0.1) is 5.02 Å². The van der Waals surface area contributed by atoms with Gasteiger partial charge in [-0.2, -0.15) is 0 Å². The van der Waals surface area contributed by atoms with Crippen molar-refractivity contribution in [1.82, 2.24) is 4.31 Å². The Kier molecular flexibility index (Phi) is 4.83. The summed E-state index contributed by atoms with van der Waals surface area (Å²) in [5, 5.41) is 0.541. The molecule has 0 atom stereocenters. The van der Waals surface area contributed by atoms with Crippen molar-refractivity contribution in [3.05, 3.63) is 46.1 Å². The van der Waals surface area contributed by atoms with Crippen LogP contribution >= 0.6 is 23.2 Å². The fourth-order valence-corrected chi connectivity index (χ4v) is 2.66. The molecule has 21 heavy (non-hydrogen) atoms. The summed E-state index contributed by atoms with van der Waals surface area (Å²) in [5.41, 5.74) is 0. The van der Waals surface area contributed by atoms with Crippen molar-refractivity contribution in [2.75, 3.05) is 14.1 Å². The molecule has 5 nitrogen and oxygen atoms in total. The zero-order chi connectivity index (χ0) is 15.6. The van der Waals surface area contributed by atoms with Gasteiger partial charge in [0, 0.05) is 14.1 Å². The van der Waals surface area contributed by atoms with Gasteiger partial charge in [0.2, 0.25) is 5.09 Å². The molecule has 0 aliphatic rings. The number of hydrogen-bond acceptors (Lipinski definition) is 4. The maximum absolute atomic E-state index is 11.9. The molecule has 0 N–H and O–H groups in total. The second-order valence-corrected chi connectivity index (χ2v) is 7.22. The summed E-state index contributed by atoms with van der Waals surface area (Å²) >= 11 is 11.9. The Morgan fingerprint density at radius 3 is 2.57 bits per heavy atom. The summed E-state index contributed by atoms with van der Waals surface area (Å²) in [6.45, 7) is 0.0447. The van der Waals surface area contributed by atoms with Crippen LogP contribution < -0.4 is 4.74 Å². The largest absolute Gasteiger partial charge is 0.484 e. The van der Waals surface area contributed by atoms with Crippen LogP contribution in [0.3, 0.4) is 0 Å². The van der Waals surface area contributed by atoms with E-state index in [1.807, 2.05) is 0 Å². The molecule has 1 heterocycles. The van der Waals surface area contributed by atoms with Gasteiger partial charge in [-0.05, 0) is 24.3 Å². The molecule has 0 amide bonds. The van der Waals surface area contributed by atoms with Gasteiger partial charge in [0.25, 0.3) is 10.0 Å². The topological polar surface area (TPSA) is 59.8 Å². The molecule has 114 valence electrons. The molecular formula is C13H13Cl2NO4S. The average Bonchev–Trinajstić information content (AvgIpc) is 2.90. The van der Waals surface area contributed by atoms with Crippen molar-refractivity contribution in [2.24, 2.45) is 0 Å². The second kappa shape index (κ2) is 6.27. The van der Waals surface area contributed by atoms with Crippen molar-refractivity contribution in [3.8, 4) is 5.75 Å². The highest BCUT2D eigenvalue weighted by Crippen LogP contribution is 2.32. The first-order valence-corrected chi connectivity index (χ1v) is 8.10. The van der Waals surface area contributed by atoms with Crippen LogP contribution in [-0.2, 0) is 16.6 Å². The number of benzene rings is 1. The van der Waals surface area contributed by atoms with E-state index in [1.165, 1.54) is 26.2 Å². The zero-order valence-electron chi connectivity index (χ0n) is 11.3. The third kappa shape index (κ3) is 3.52. The monoisotopic (exact) mass is 349 g/mol. The number of furan rings is 1. The van der Waals surface area contributed by atoms with Gasteiger partial charge < -0.3 is 9.15 Å². The van der Waals surface area contributed by atoms with E-state index in [2.05, 4.69) is 0 Å². The average molecular weight is 350 g/mol. The second-order valence-electron chi connectivity index (χ2n) is 4.35. The number of hydrogen-bond donors (Lipinski definition) is 0. The first-order valence-electron chi connectivity index (χ1n) is 5.90. The molecule has 2 aromatic rings. The first-order chi connectivity index (χ1) is 9.82. The number of rotatable bonds is 5. The third-order valence-electron chi connectivity index (χ3n) is 2.66. The van der Waals surface area contributed by atoms with Crippen LogP contribution in [-0.4, -0.2) is 26.8 Å². The van der Waals surface area contributed by atoms with Gasteiger partial charge in [-0.25, -0.2) is 12.7 Å². The Balaban J connectivity index is 2.12. The van der Waals surface area contributed by atoms with E-state index in [9.17, 15) is 8.42 Å². The van der Waals surface area contributed by atoms with Gasteiger partial charge in [-0.15, -0.1) is 0 Å². The first kappa shape index (κ1) is 16.2. The Labute approximate surface area is 133 Å². The summed E-state index contributed by atoms with van der Waals surface area (Å²) in [5.74, 6) is 0.768. The van der Waals surface area contributed by atoms with Gasteiger partial charge in [0.15, 0.2) is 0 Å². The van der Waals surface area contributed by atoms with Crippen molar-refractivity contribution in [1.29, 1.82) is 0 Å². The van der Waals surface area contributed by atoms with Crippen LogP contribution in [0.15, 0.2) is 39.8 Å². The van der Waals surface area contributed by atoms with Crippen molar-refractivity contribution >= 4 is 33.2 Å². The molecule has 0 fully saturated rings. The maximum atomic E-state index is 11.9. The molecule has 0 radical (unpaired) electrons. The van der Waals surface area contributed by atoms with Crippen LogP contribution in [0.1, 0.15) is 5.76 Å². The van der Waals surface area contributed by atoms with Crippen LogP contribution in [0, 0.1) is 0 Å². The summed E-state index contributed by atoms with van der Waals surface area (Å²) in [6, 6.07) is 7.93. The lowest BCUT2D eigenvalue weighted by molar-refractivity contribution is 0.257. The Morgan fingerprint density at radius 2 is 1.90 bits per heavy atom. The standard InChI is InChI=1S/C13H13Cl2NO4S/c1-16(2)21(17,18)12-7-6-9(20-12)8-19-11-5-3-4-10(14)13(11)15/h3-7H,8H2,1-2H3. The quantitative estimate of drug-likeness (QED) is 0.829. The van der Waals surface area contributed by atoms with E-state index in [4.69, 9.17) is 32.4 Å². The Morgan fingerprint density at radius 1 is 1.19 bits per heavy atom. The lowest BCUT2D eigenvalue weighted by Crippen LogP contribution is -2.21. The fraction of sp³-hybridized carbons (Fsp3) is 0.231. The molecule has 1 aromatic carbocycles. The van der Waals surface area contributed by atoms with E-state index in [-0.39, 0.29) is 11.7 Å². The lowest BCUT2D eigenvalue weighted by Gasteiger charge is -2.08. The third-order valence-corrected chi connectivity index (χ3v) is 5.15. The summed E-state index contributed by atoms with van der Waals surface area (Å²) < 4.78 is 35.6. The minimum atomic E-state index is -3.59. The van der Waals surface area contributed by atoms with E-state index in [0.29, 0.717) is 21.6 Å². The Bertz CT molecular complexity index is 740. The molecule has 0 saturated heterocycles. The molecule has 0 bridgehead atoms. The van der Waals surface area contributed by atoms with Gasteiger partial charge in [0.1, 0.15) is 23.1 Å². The molecule has 0 aliphatic heterocycles. The van der Waals surface area contributed by atoms with Crippen LogP contribution in [0.5, 0.6) is 5.75 Å². The van der Waals surface area contributed by atoms with Crippen molar-refractivity contribution in [2.45, 2.75) is 11.7 Å². The molecular weight excluding hydrogens is 337 g/mol. The number of sulfonamides is 1. The minimum Gasteiger partial charge on any atom is -0.484 e. The molecule has 0 saturated carbocycles. The van der Waals surface area contributed by atoms with E-state index in [0.717, 1.165) is 4.31 Å². The molecule has 0 spiro atoms. The lowest BCUT2D eigenvalue weighted by atomic mass is 10.3. The highest BCUT2D eigenvalue weighted by Gasteiger charge is 2.21. The van der Waals surface area contributed by atoms with Gasteiger partial charge in [-0.1, -0.05) is 29.3 Å². The number of nitrogens with zero attached hydrogens (tertiary/aromatic N) is 1.